The Kier molecular flexibility index (Phi) is 7.05. The summed E-state index contributed by atoms with van der Waals surface area (Å²) in [6.45, 7) is 1.98. The third-order valence-corrected chi connectivity index (χ3v) is 7.13. The summed E-state index contributed by atoms with van der Waals surface area (Å²) < 4.78 is 14.5. The minimum absolute atomic E-state index is 0.0157. The van der Waals surface area contributed by atoms with Crippen molar-refractivity contribution in [3.8, 4) is 0 Å². The fourth-order valence-corrected chi connectivity index (χ4v) is 5.24. The Morgan fingerprint density at radius 3 is 2.53 bits per heavy atom. The smallest absolute Gasteiger partial charge is 0.127 e. The van der Waals surface area contributed by atoms with Gasteiger partial charge in [0, 0.05) is 54.4 Å². The van der Waals surface area contributed by atoms with Crippen LogP contribution in [0.2, 0.25) is 0 Å². The molecule has 5 heteroatoms. The molecule has 3 atom stereocenters. The van der Waals surface area contributed by atoms with E-state index in [0.29, 0.717) is 12.1 Å². The summed E-state index contributed by atoms with van der Waals surface area (Å²) in [4.78, 5) is 5.62. The molecule has 0 amide bonds. The second-order valence-corrected chi connectivity index (χ2v) is 9.28. The highest BCUT2D eigenvalue weighted by atomic mass is 19.1. The molecule has 1 aliphatic carbocycles. The van der Waals surface area contributed by atoms with Gasteiger partial charge in [0.15, 0.2) is 0 Å². The maximum absolute atomic E-state index is 14.5. The van der Waals surface area contributed by atoms with E-state index in [0.717, 1.165) is 37.9 Å². The van der Waals surface area contributed by atoms with Crippen LogP contribution in [-0.4, -0.2) is 39.7 Å². The minimum atomic E-state index is -0.501. The monoisotopic (exact) mass is 457 g/mol. The lowest BCUT2D eigenvalue weighted by Crippen LogP contribution is -2.47. The number of aromatic amines is 1. The zero-order chi connectivity index (χ0) is 23.3. The van der Waals surface area contributed by atoms with E-state index in [2.05, 4.69) is 51.7 Å². The van der Waals surface area contributed by atoms with Gasteiger partial charge in [-0.2, -0.15) is 0 Å². The highest BCUT2D eigenvalue weighted by Crippen LogP contribution is 2.28. The number of hydrogen-bond donors (Lipinski definition) is 3. The highest BCUT2D eigenvalue weighted by Gasteiger charge is 2.38. The molecule has 1 aromatic heterocycles. The first-order valence-corrected chi connectivity index (χ1v) is 12.2. The van der Waals surface area contributed by atoms with Gasteiger partial charge in [0.1, 0.15) is 5.82 Å². The van der Waals surface area contributed by atoms with Crippen LogP contribution in [0.15, 0.2) is 85.1 Å². The number of aromatic nitrogens is 1. The van der Waals surface area contributed by atoms with Crippen LogP contribution in [0.3, 0.4) is 0 Å². The van der Waals surface area contributed by atoms with Crippen molar-refractivity contribution in [1.82, 2.24) is 15.2 Å². The molecule has 1 heterocycles. The highest BCUT2D eigenvalue weighted by molar-refractivity contribution is 5.83. The van der Waals surface area contributed by atoms with Crippen LogP contribution >= 0.6 is 0 Å². The first-order valence-electron chi connectivity index (χ1n) is 12.2. The molecule has 0 aliphatic heterocycles. The summed E-state index contributed by atoms with van der Waals surface area (Å²) in [5, 5.41) is 16.0. The van der Waals surface area contributed by atoms with Gasteiger partial charge in [-0.15, -0.1) is 0 Å². The first kappa shape index (κ1) is 22.8. The van der Waals surface area contributed by atoms with Crippen LogP contribution < -0.4 is 5.32 Å². The average Bonchev–Trinajstić information content (AvgIpc) is 3.45. The Hall–Kier alpha value is -2.99. The third kappa shape index (κ3) is 5.07. The summed E-state index contributed by atoms with van der Waals surface area (Å²) in [5.74, 6) is -0.189. The Bertz CT molecular complexity index is 1210. The lowest BCUT2D eigenvalue weighted by atomic mass is 10.1. The van der Waals surface area contributed by atoms with E-state index in [9.17, 15) is 9.50 Å². The van der Waals surface area contributed by atoms with E-state index in [-0.39, 0.29) is 17.9 Å². The van der Waals surface area contributed by atoms with Crippen molar-refractivity contribution in [2.75, 3.05) is 6.54 Å². The van der Waals surface area contributed by atoms with Crippen molar-refractivity contribution < 1.29 is 9.50 Å². The van der Waals surface area contributed by atoms with E-state index in [1.165, 1.54) is 22.6 Å². The topological polar surface area (TPSA) is 51.3 Å². The van der Waals surface area contributed by atoms with Crippen molar-refractivity contribution in [2.45, 2.75) is 50.5 Å². The predicted molar refractivity (Wildman–Crippen MR) is 135 cm³/mol. The maximum Gasteiger partial charge on any atom is 0.127 e. The van der Waals surface area contributed by atoms with Crippen LogP contribution in [0.5, 0.6) is 0 Å². The number of nitrogens with zero attached hydrogens (tertiary/aromatic N) is 1. The van der Waals surface area contributed by atoms with Gasteiger partial charge in [0.25, 0.3) is 0 Å². The number of nitrogens with one attached hydrogen (secondary N) is 2. The molecule has 34 heavy (non-hydrogen) atoms. The van der Waals surface area contributed by atoms with E-state index < -0.39 is 6.10 Å². The molecule has 3 N–H and O–H groups in total. The number of H-pyrrole nitrogens is 1. The van der Waals surface area contributed by atoms with Crippen LogP contribution in [0.4, 0.5) is 4.39 Å². The van der Waals surface area contributed by atoms with E-state index in [4.69, 9.17) is 0 Å². The lowest BCUT2D eigenvalue weighted by Gasteiger charge is -2.32. The Morgan fingerprint density at radius 1 is 0.912 bits per heavy atom. The van der Waals surface area contributed by atoms with Gasteiger partial charge in [-0.05, 0) is 42.5 Å². The van der Waals surface area contributed by atoms with Gasteiger partial charge in [0.05, 0.1) is 6.10 Å². The van der Waals surface area contributed by atoms with Gasteiger partial charge in [-0.3, -0.25) is 4.90 Å². The number of halogens is 1. The number of benzene rings is 3. The molecule has 1 fully saturated rings. The zero-order valence-corrected chi connectivity index (χ0v) is 19.3. The van der Waals surface area contributed by atoms with Gasteiger partial charge in [-0.25, -0.2) is 4.39 Å². The number of rotatable bonds is 9. The number of aliphatic hydroxyl groups is 1. The predicted octanol–water partition coefficient (Wildman–Crippen LogP) is 5.03. The molecule has 0 saturated heterocycles. The maximum atomic E-state index is 14.5. The molecular weight excluding hydrogens is 425 g/mol. The summed E-state index contributed by atoms with van der Waals surface area (Å²) >= 11 is 0. The van der Waals surface area contributed by atoms with Crippen LogP contribution in [0.1, 0.15) is 29.5 Å². The second-order valence-electron chi connectivity index (χ2n) is 9.28. The molecule has 5 rings (SSSR count). The minimum Gasteiger partial charge on any atom is -0.390 e. The van der Waals surface area contributed by atoms with Crippen molar-refractivity contribution >= 4 is 10.9 Å². The van der Waals surface area contributed by atoms with Crippen molar-refractivity contribution in [3.05, 3.63) is 108 Å². The quantitative estimate of drug-likeness (QED) is 0.330. The molecule has 0 bridgehead atoms. The van der Waals surface area contributed by atoms with E-state index in [1.807, 2.05) is 36.4 Å². The van der Waals surface area contributed by atoms with E-state index in [1.54, 1.807) is 6.07 Å². The van der Waals surface area contributed by atoms with Gasteiger partial charge < -0.3 is 15.4 Å². The second kappa shape index (κ2) is 10.5. The van der Waals surface area contributed by atoms with Gasteiger partial charge >= 0.3 is 0 Å². The van der Waals surface area contributed by atoms with Crippen LogP contribution in [0.25, 0.3) is 10.9 Å². The van der Waals surface area contributed by atoms with Crippen LogP contribution in [0, 0.1) is 5.82 Å². The Morgan fingerprint density at radius 2 is 1.68 bits per heavy atom. The number of aliphatic hydroxyl groups excluding tert-OH is 1. The fourth-order valence-electron chi connectivity index (χ4n) is 5.24. The summed E-state index contributed by atoms with van der Waals surface area (Å²) in [5.41, 5.74) is 4.26. The molecule has 1 aliphatic rings. The Balaban J connectivity index is 1.31. The first-order chi connectivity index (χ1) is 16.7. The molecule has 4 nitrogen and oxygen atoms in total. The molecule has 176 valence electrons. The standard InChI is InChI=1S/C29H32FN3O/c30-25-12-6-4-10-23(25)20-33(17-16-22-19-32-26-13-7-5-11-24(22)26)28-15-14-27(29(28)34)31-18-21-8-2-1-3-9-21/h1-13,19,27-29,31-32,34H,14-18,20H2/t27-,28-,29-/m1/s1. The number of para-hydroxylation sites is 1. The lowest BCUT2D eigenvalue weighted by molar-refractivity contribution is 0.0510. The number of fused-ring (bicyclic) bond motifs is 1. The fraction of sp³-hybridized carbons (Fsp3) is 0.310. The molecular formula is C29H32FN3O. The molecule has 0 spiro atoms. The van der Waals surface area contributed by atoms with Crippen molar-refractivity contribution in [1.29, 1.82) is 0 Å². The summed E-state index contributed by atoms with van der Waals surface area (Å²) in [6.07, 6.45) is 4.19. The molecule has 1 saturated carbocycles. The van der Waals surface area contributed by atoms with E-state index >= 15 is 0 Å². The normalized spacial score (nSPS) is 20.4. The third-order valence-electron chi connectivity index (χ3n) is 7.13. The molecule has 3 aromatic carbocycles. The molecule has 0 radical (unpaired) electrons. The van der Waals surface area contributed by atoms with Crippen molar-refractivity contribution in [3.63, 3.8) is 0 Å². The number of hydrogen-bond acceptors (Lipinski definition) is 3. The average molecular weight is 458 g/mol. The van der Waals surface area contributed by atoms with Crippen molar-refractivity contribution in [2.24, 2.45) is 0 Å². The van der Waals surface area contributed by atoms with Gasteiger partial charge in [0.2, 0.25) is 0 Å². The van der Waals surface area contributed by atoms with Crippen LogP contribution in [-0.2, 0) is 19.5 Å². The summed E-state index contributed by atoms with van der Waals surface area (Å²) in [7, 11) is 0. The summed E-state index contributed by atoms with van der Waals surface area (Å²) in [6, 6.07) is 25.6. The van der Waals surface area contributed by atoms with Gasteiger partial charge in [-0.1, -0.05) is 66.7 Å². The SMILES string of the molecule is O[C@H]1[C@H](N(CCc2c[nH]c3ccccc23)Cc2ccccc2F)CC[C@H]1NCc1ccccc1. The molecule has 0 unspecified atom stereocenters. The largest absolute Gasteiger partial charge is 0.390 e. The zero-order valence-electron chi connectivity index (χ0n) is 19.3. The molecule has 4 aromatic rings. The Labute approximate surface area is 200 Å².